The Balaban J connectivity index is 0.000000970. The number of nitrogens with zero attached hydrogens (tertiary/aromatic N) is 1. The van der Waals surface area contributed by atoms with Crippen molar-refractivity contribution in [1.29, 1.82) is 0 Å². The van der Waals surface area contributed by atoms with Gasteiger partial charge in [0.1, 0.15) is 0 Å². The third kappa shape index (κ3) is 7.99. The molecule has 1 saturated heterocycles. The molecule has 1 fully saturated rings. The van der Waals surface area contributed by atoms with Gasteiger partial charge in [-0.15, -0.1) is 0 Å². The first-order valence-corrected chi connectivity index (χ1v) is 8.80. The number of ether oxygens (including phenoxy) is 1. The van der Waals surface area contributed by atoms with E-state index in [0.29, 0.717) is 0 Å². The van der Waals surface area contributed by atoms with Crippen LogP contribution in [0.4, 0.5) is 0 Å². The second-order valence-electron chi connectivity index (χ2n) is 8.32. The number of hydrogen-bond acceptors (Lipinski definition) is 4. The molecule has 0 spiro atoms. The molecule has 2 N–H and O–H groups in total. The van der Waals surface area contributed by atoms with E-state index in [9.17, 15) is 5.11 Å². The second-order valence-corrected chi connectivity index (χ2v) is 8.32. The molecule has 0 saturated carbocycles. The molecule has 5 heteroatoms. The van der Waals surface area contributed by atoms with Crippen molar-refractivity contribution in [3.63, 3.8) is 0 Å². The van der Waals surface area contributed by atoms with Crippen LogP contribution in [0.2, 0.25) is 0 Å². The van der Waals surface area contributed by atoms with E-state index in [1.165, 1.54) is 5.56 Å². The highest BCUT2D eigenvalue weighted by Crippen LogP contribution is 2.33. The van der Waals surface area contributed by atoms with Gasteiger partial charge in [-0.3, -0.25) is 9.69 Å². The van der Waals surface area contributed by atoms with Gasteiger partial charge in [-0.1, -0.05) is 51.1 Å². The summed E-state index contributed by atoms with van der Waals surface area (Å²) in [6.45, 7) is 12.9. The molecule has 1 aromatic carbocycles. The standard InChI is InChI=1S/C19H31NO2.CH2O2/c1-18(2,3)17-14-20(12-11-19(4,5)21)13-16(22-17)15-9-7-6-8-10-15;2-1-3/h6-10,16-17,21H,11-14H2,1-5H3;1H,(H,2,3)/t16-,17+;/m0./s1. The summed E-state index contributed by atoms with van der Waals surface area (Å²) in [6.07, 6.45) is 1.10. The molecule has 0 aliphatic carbocycles. The molecule has 2 rings (SSSR count). The van der Waals surface area contributed by atoms with Gasteiger partial charge in [0, 0.05) is 19.6 Å². The van der Waals surface area contributed by atoms with Crippen LogP contribution in [0, 0.1) is 5.41 Å². The van der Waals surface area contributed by atoms with E-state index < -0.39 is 5.60 Å². The number of rotatable bonds is 4. The Kier molecular flexibility index (Phi) is 8.06. The maximum atomic E-state index is 10.00. The smallest absolute Gasteiger partial charge is 0.290 e. The van der Waals surface area contributed by atoms with Crippen molar-refractivity contribution >= 4 is 6.47 Å². The summed E-state index contributed by atoms with van der Waals surface area (Å²) in [4.78, 5) is 10.8. The Bertz CT molecular complexity index is 505. The minimum Gasteiger partial charge on any atom is -0.483 e. The Morgan fingerprint density at radius 3 is 2.20 bits per heavy atom. The minimum atomic E-state index is -0.613. The fourth-order valence-corrected chi connectivity index (χ4v) is 2.77. The lowest BCUT2D eigenvalue weighted by Gasteiger charge is -2.44. The lowest BCUT2D eigenvalue weighted by atomic mass is 9.87. The highest BCUT2D eigenvalue weighted by Gasteiger charge is 2.35. The molecule has 142 valence electrons. The zero-order valence-electron chi connectivity index (χ0n) is 16.1. The van der Waals surface area contributed by atoms with Crippen LogP contribution in [0.3, 0.4) is 0 Å². The van der Waals surface area contributed by atoms with Gasteiger partial charge in [0.25, 0.3) is 6.47 Å². The van der Waals surface area contributed by atoms with Crippen molar-refractivity contribution in [3.8, 4) is 0 Å². The van der Waals surface area contributed by atoms with E-state index in [0.717, 1.165) is 26.1 Å². The highest BCUT2D eigenvalue weighted by atomic mass is 16.5. The van der Waals surface area contributed by atoms with Gasteiger partial charge in [0.05, 0.1) is 17.8 Å². The molecule has 0 unspecified atom stereocenters. The molecule has 2 atom stereocenters. The molecule has 25 heavy (non-hydrogen) atoms. The van der Waals surface area contributed by atoms with Crippen molar-refractivity contribution in [2.75, 3.05) is 19.6 Å². The number of morpholine rings is 1. The largest absolute Gasteiger partial charge is 0.483 e. The molecular formula is C20H33NO4. The molecule has 0 aromatic heterocycles. The molecule has 0 amide bonds. The average Bonchev–Trinajstić information content (AvgIpc) is 2.53. The molecule has 1 aromatic rings. The average molecular weight is 351 g/mol. The first kappa shape index (κ1) is 21.6. The maximum absolute atomic E-state index is 10.00. The van der Waals surface area contributed by atoms with E-state index in [4.69, 9.17) is 14.6 Å². The van der Waals surface area contributed by atoms with Crippen LogP contribution in [0.15, 0.2) is 30.3 Å². The quantitative estimate of drug-likeness (QED) is 0.814. The maximum Gasteiger partial charge on any atom is 0.290 e. The number of aliphatic hydroxyl groups is 1. The van der Waals surface area contributed by atoms with E-state index >= 15 is 0 Å². The molecule has 5 nitrogen and oxygen atoms in total. The van der Waals surface area contributed by atoms with Crippen molar-refractivity contribution in [2.45, 2.75) is 58.8 Å². The molecule has 1 aliphatic heterocycles. The van der Waals surface area contributed by atoms with Crippen LogP contribution in [-0.4, -0.2) is 52.9 Å². The normalized spacial score (nSPS) is 22.0. The van der Waals surface area contributed by atoms with Crippen LogP contribution in [0.25, 0.3) is 0 Å². The molecule has 0 bridgehead atoms. The zero-order valence-corrected chi connectivity index (χ0v) is 16.1. The summed E-state index contributed by atoms with van der Waals surface area (Å²) >= 11 is 0. The SMILES string of the molecule is CC(C)(O)CCN1C[C@@H](c2ccccc2)O[C@@H](C(C)(C)C)C1.O=CO. The summed E-state index contributed by atoms with van der Waals surface area (Å²) in [5.74, 6) is 0. The third-order valence-corrected chi connectivity index (χ3v) is 4.35. The predicted octanol–water partition coefficient (Wildman–Crippen LogP) is 3.34. The Morgan fingerprint density at radius 1 is 1.16 bits per heavy atom. The fraction of sp³-hybridized carbons (Fsp3) is 0.650. The summed E-state index contributed by atoms with van der Waals surface area (Å²) in [7, 11) is 0. The lowest BCUT2D eigenvalue weighted by Crippen LogP contribution is -2.50. The minimum absolute atomic E-state index is 0.112. The fourth-order valence-electron chi connectivity index (χ4n) is 2.77. The molecule has 1 heterocycles. The van der Waals surface area contributed by atoms with E-state index in [1.54, 1.807) is 0 Å². The van der Waals surface area contributed by atoms with Crippen LogP contribution >= 0.6 is 0 Å². The number of carboxylic acid groups (broad SMARTS) is 1. The van der Waals surface area contributed by atoms with E-state index in [2.05, 4.69) is 49.9 Å². The van der Waals surface area contributed by atoms with Gasteiger partial charge in [-0.2, -0.15) is 0 Å². The summed E-state index contributed by atoms with van der Waals surface area (Å²) in [6, 6.07) is 10.5. The van der Waals surface area contributed by atoms with Crippen molar-refractivity contribution < 1.29 is 19.7 Å². The molecule has 0 radical (unpaired) electrons. The van der Waals surface area contributed by atoms with Gasteiger partial charge in [-0.05, 0) is 31.2 Å². The zero-order chi connectivity index (χ0) is 19.1. The van der Waals surface area contributed by atoms with Crippen LogP contribution in [0.1, 0.15) is 52.7 Å². The van der Waals surface area contributed by atoms with Gasteiger partial charge in [-0.25, -0.2) is 0 Å². The van der Waals surface area contributed by atoms with Crippen LogP contribution in [0.5, 0.6) is 0 Å². The van der Waals surface area contributed by atoms with Gasteiger partial charge < -0.3 is 14.9 Å². The first-order chi connectivity index (χ1) is 11.6. The third-order valence-electron chi connectivity index (χ3n) is 4.35. The van der Waals surface area contributed by atoms with Gasteiger partial charge >= 0.3 is 0 Å². The van der Waals surface area contributed by atoms with Crippen molar-refractivity contribution in [1.82, 2.24) is 4.90 Å². The number of hydrogen-bond donors (Lipinski definition) is 2. The number of carbonyl (C=O) groups is 1. The van der Waals surface area contributed by atoms with E-state index in [1.807, 2.05) is 19.9 Å². The highest BCUT2D eigenvalue weighted by molar-refractivity contribution is 5.32. The second kappa shape index (κ2) is 9.32. The number of benzene rings is 1. The van der Waals surface area contributed by atoms with Gasteiger partial charge in [0.2, 0.25) is 0 Å². The molecule has 1 aliphatic rings. The predicted molar refractivity (Wildman–Crippen MR) is 99.6 cm³/mol. The summed E-state index contributed by atoms with van der Waals surface area (Å²) < 4.78 is 6.39. The lowest BCUT2D eigenvalue weighted by molar-refractivity contribution is -0.131. The Morgan fingerprint density at radius 2 is 1.72 bits per heavy atom. The van der Waals surface area contributed by atoms with E-state index in [-0.39, 0.29) is 24.1 Å². The van der Waals surface area contributed by atoms with Crippen LogP contribution in [-0.2, 0) is 9.53 Å². The van der Waals surface area contributed by atoms with Crippen LogP contribution < -0.4 is 0 Å². The first-order valence-electron chi connectivity index (χ1n) is 8.80. The Hall–Kier alpha value is -1.43. The summed E-state index contributed by atoms with van der Waals surface area (Å²) in [5.41, 5.74) is 0.739. The monoisotopic (exact) mass is 351 g/mol. The van der Waals surface area contributed by atoms with Crippen molar-refractivity contribution in [3.05, 3.63) is 35.9 Å². The summed E-state index contributed by atoms with van der Waals surface area (Å²) in [5, 5.41) is 16.9. The van der Waals surface area contributed by atoms with Crippen molar-refractivity contribution in [2.24, 2.45) is 5.41 Å². The Labute approximate surface area is 151 Å². The topological polar surface area (TPSA) is 70.0 Å². The van der Waals surface area contributed by atoms with Gasteiger partial charge in [0.15, 0.2) is 0 Å². The molecular weight excluding hydrogens is 318 g/mol.